The second kappa shape index (κ2) is 4.66. The van der Waals surface area contributed by atoms with Crippen molar-refractivity contribution < 1.29 is 19.7 Å². The van der Waals surface area contributed by atoms with E-state index >= 15 is 0 Å². The summed E-state index contributed by atoms with van der Waals surface area (Å²) in [6.07, 6.45) is 0.959. The summed E-state index contributed by atoms with van der Waals surface area (Å²) < 4.78 is 5.30. The zero-order valence-electron chi connectivity index (χ0n) is 12.9. The van der Waals surface area contributed by atoms with Crippen LogP contribution in [0.15, 0.2) is 42.5 Å². The van der Waals surface area contributed by atoms with Gasteiger partial charge in [0.25, 0.3) is 0 Å². The molecule has 0 saturated heterocycles. The molecule has 0 fully saturated rings. The van der Waals surface area contributed by atoms with Gasteiger partial charge in [-0.05, 0) is 35.6 Å². The lowest BCUT2D eigenvalue weighted by Crippen LogP contribution is -2.63. The van der Waals surface area contributed by atoms with Gasteiger partial charge in [-0.2, -0.15) is 0 Å². The number of fused-ring (bicyclic) bond motifs is 4. The van der Waals surface area contributed by atoms with Crippen molar-refractivity contribution in [1.82, 2.24) is 0 Å². The van der Waals surface area contributed by atoms with Gasteiger partial charge in [0.1, 0.15) is 11.4 Å². The summed E-state index contributed by atoms with van der Waals surface area (Å²) in [6.45, 7) is 0. The molecule has 0 spiro atoms. The van der Waals surface area contributed by atoms with Gasteiger partial charge in [-0.25, -0.2) is 0 Å². The Morgan fingerprint density at radius 3 is 2.52 bits per heavy atom. The molecule has 2 aromatic rings. The zero-order valence-corrected chi connectivity index (χ0v) is 12.9. The number of aryl methyl sites for hydroxylation is 1. The van der Waals surface area contributed by atoms with E-state index in [2.05, 4.69) is 0 Å². The molecule has 0 radical (unpaired) electrons. The van der Waals surface area contributed by atoms with Gasteiger partial charge in [0, 0.05) is 6.42 Å². The number of benzene rings is 2. The molecule has 0 aliphatic heterocycles. The Bertz CT molecular complexity index is 813. The Kier molecular flexibility index (Phi) is 2.92. The average Bonchev–Trinajstić information content (AvgIpc) is 2.57. The number of carbonyl (C=O) groups excluding carboxylic acids is 1. The van der Waals surface area contributed by atoms with E-state index in [1.54, 1.807) is 18.2 Å². The lowest BCUT2D eigenvalue weighted by Gasteiger charge is -2.50. The topological polar surface area (TPSA) is 66.8 Å². The quantitative estimate of drug-likeness (QED) is 0.845. The molecule has 0 saturated carbocycles. The summed E-state index contributed by atoms with van der Waals surface area (Å²) in [7, 11) is 1.50. The molecule has 4 heteroatoms. The van der Waals surface area contributed by atoms with Gasteiger partial charge in [-0.15, -0.1) is 0 Å². The number of ether oxygens (including phenoxy) is 1. The maximum Gasteiger partial charge on any atom is 0.201 e. The molecule has 2 N–H and O–H groups in total. The largest absolute Gasteiger partial charge is 0.496 e. The summed E-state index contributed by atoms with van der Waals surface area (Å²) >= 11 is 0. The Labute approximate surface area is 134 Å². The van der Waals surface area contributed by atoms with Crippen molar-refractivity contribution in [1.29, 1.82) is 0 Å². The molecule has 2 aromatic carbocycles. The second-order valence-electron chi connectivity index (χ2n) is 6.38. The predicted molar refractivity (Wildman–Crippen MR) is 84.6 cm³/mol. The molecule has 4 rings (SSSR count). The predicted octanol–water partition coefficient (Wildman–Crippen LogP) is 2.00. The van der Waals surface area contributed by atoms with Crippen molar-refractivity contribution >= 4 is 5.78 Å². The molecule has 2 aliphatic carbocycles. The normalized spacial score (nSPS) is 28.6. The van der Waals surface area contributed by atoms with Crippen LogP contribution in [-0.2, 0) is 18.4 Å². The van der Waals surface area contributed by atoms with E-state index in [0.29, 0.717) is 28.9 Å². The zero-order chi connectivity index (χ0) is 16.2. The SMILES string of the molecule is COc1cccc2c1C(=O)[C@]1(O)CCc3ccccc3[C@]1(O)C2. The summed E-state index contributed by atoms with van der Waals surface area (Å²) in [4.78, 5) is 13.1. The first-order valence-corrected chi connectivity index (χ1v) is 7.75. The number of ketones is 1. The van der Waals surface area contributed by atoms with E-state index in [-0.39, 0.29) is 12.8 Å². The third kappa shape index (κ3) is 1.70. The third-order valence-corrected chi connectivity index (χ3v) is 5.28. The van der Waals surface area contributed by atoms with Crippen LogP contribution < -0.4 is 4.74 Å². The first-order valence-electron chi connectivity index (χ1n) is 7.75. The van der Waals surface area contributed by atoms with Gasteiger partial charge in [0.05, 0.1) is 12.7 Å². The molecule has 118 valence electrons. The van der Waals surface area contributed by atoms with Crippen LogP contribution in [0.1, 0.15) is 33.5 Å². The molecule has 0 heterocycles. The van der Waals surface area contributed by atoms with Crippen LogP contribution in [0.3, 0.4) is 0 Å². The molecule has 2 atom stereocenters. The van der Waals surface area contributed by atoms with Gasteiger partial charge >= 0.3 is 0 Å². The van der Waals surface area contributed by atoms with Crippen LogP contribution in [0.5, 0.6) is 5.75 Å². The van der Waals surface area contributed by atoms with Crippen LogP contribution in [-0.4, -0.2) is 28.7 Å². The van der Waals surface area contributed by atoms with Crippen molar-refractivity contribution in [3.63, 3.8) is 0 Å². The molecule has 4 nitrogen and oxygen atoms in total. The Balaban J connectivity index is 1.98. The van der Waals surface area contributed by atoms with E-state index < -0.39 is 17.0 Å². The van der Waals surface area contributed by atoms with Gasteiger partial charge < -0.3 is 14.9 Å². The molecular formula is C19H18O4. The highest BCUT2D eigenvalue weighted by atomic mass is 16.5. The monoisotopic (exact) mass is 310 g/mol. The molecular weight excluding hydrogens is 292 g/mol. The number of methoxy groups -OCH3 is 1. The lowest BCUT2D eigenvalue weighted by molar-refractivity contribution is -0.144. The maximum absolute atomic E-state index is 13.1. The highest BCUT2D eigenvalue weighted by Crippen LogP contribution is 2.51. The molecule has 0 aromatic heterocycles. The van der Waals surface area contributed by atoms with Crippen LogP contribution in [0.4, 0.5) is 0 Å². The minimum atomic E-state index is -1.82. The fraction of sp³-hybridized carbons (Fsp3) is 0.316. The number of hydrogen-bond acceptors (Lipinski definition) is 4. The second-order valence-corrected chi connectivity index (χ2v) is 6.38. The van der Waals surface area contributed by atoms with E-state index in [1.165, 1.54) is 7.11 Å². The number of aliphatic hydroxyl groups is 2. The van der Waals surface area contributed by atoms with Crippen molar-refractivity contribution in [3.05, 3.63) is 64.7 Å². The van der Waals surface area contributed by atoms with Crippen LogP contribution >= 0.6 is 0 Å². The summed E-state index contributed by atoms with van der Waals surface area (Å²) in [5.74, 6) is -0.00460. The Hall–Kier alpha value is -2.17. The van der Waals surface area contributed by atoms with Crippen LogP contribution in [0.2, 0.25) is 0 Å². The smallest absolute Gasteiger partial charge is 0.201 e. The molecule has 23 heavy (non-hydrogen) atoms. The van der Waals surface area contributed by atoms with Gasteiger partial charge in [0.2, 0.25) is 5.78 Å². The van der Waals surface area contributed by atoms with Gasteiger partial charge in [-0.1, -0.05) is 36.4 Å². The first-order chi connectivity index (χ1) is 11.0. The molecule has 0 bridgehead atoms. The van der Waals surface area contributed by atoms with E-state index in [0.717, 1.165) is 5.56 Å². The average molecular weight is 310 g/mol. The fourth-order valence-corrected chi connectivity index (χ4v) is 4.06. The Morgan fingerprint density at radius 1 is 1.00 bits per heavy atom. The third-order valence-electron chi connectivity index (χ3n) is 5.28. The minimum Gasteiger partial charge on any atom is -0.496 e. The van der Waals surface area contributed by atoms with Crippen LogP contribution in [0.25, 0.3) is 0 Å². The summed E-state index contributed by atoms with van der Waals surface area (Å²) in [6, 6.07) is 12.8. The summed E-state index contributed by atoms with van der Waals surface area (Å²) in [5.41, 5.74) is -0.685. The molecule has 2 aliphatic rings. The minimum absolute atomic E-state index is 0.193. The summed E-state index contributed by atoms with van der Waals surface area (Å²) in [5, 5.41) is 22.5. The van der Waals surface area contributed by atoms with E-state index in [1.807, 2.05) is 24.3 Å². The number of carbonyl (C=O) groups is 1. The molecule has 0 unspecified atom stereocenters. The first kappa shape index (κ1) is 14.4. The Morgan fingerprint density at radius 2 is 1.74 bits per heavy atom. The number of Topliss-reactive ketones (excluding diaryl/α,β-unsaturated/α-hetero) is 1. The van der Waals surface area contributed by atoms with Crippen LogP contribution in [0, 0.1) is 0 Å². The standard InChI is InChI=1S/C19H18O4/c1-23-15-8-4-6-13-11-19(22)14-7-3-2-5-12(14)9-10-18(19,21)17(20)16(13)15/h2-8,21-22H,9-11H2,1H3/t18-,19-/m1/s1. The van der Waals surface area contributed by atoms with E-state index in [4.69, 9.17) is 4.74 Å². The molecule has 0 amide bonds. The number of rotatable bonds is 1. The van der Waals surface area contributed by atoms with Gasteiger partial charge in [0.15, 0.2) is 5.60 Å². The lowest BCUT2D eigenvalue weighted by atomic mass is 9.59. The highest BCUT2D eigenvalue weighted by molar-refractivity contribution is 6.08. The van der Waals surface area contributed by atoms with Crippen molar-refractivity contribution in [2.75, 3.05) is 7.11 Å². The fourth-order valence-electron chi connectivity index (χ4n) is 4.06. The van der Waals surface area contributed by atoms with Gasteiger partial charge in [-0.3, -0.25) is 4.79 Å². The van der Waals surface area contributed by atoms with Crippen molar-refractivity contribution in [2.45, 2.75) is 30.5 Å². The number of hydrogen-bond donors (Lipinski definition) is 2. The maximum atomic E-state index is 13.1. The van der Waals surface area contributed by atoms with E-state index in [9.17, 15) is 15.0 Å². The van der Waals surface area contributed by atoms with Crippen molar-refractivity contribution in [2.24, 2.45) is 0 Å². The highest BCUT2D eigenvalue weighted by Gasteiger charge is 2.61. The van der Waals surface area contributed by atoms with Crippen molar-refractivity contribution in [3.8, 4) is 5.75 Å².